The lowest BCUT2D eigenvalue weighted by Crippen LogP contribution is -2.72. The molecule has 1 saturated carbocycles. The van der Waals surface area contributed by atoms with Gasteiger partial charge in [-0.1, -0.05) is 24.6 Å². The predicted octanol–water partition coefficient (Wildman–Crippen LogP) is 1.75. The minimum atomic E-state index is -1.01. The number of para-hydroxylation sites is 1. The maximum Gasteiger partial charge on any atom is 0.327 e. The van der Waals surface area contributed by atoms with Crippen LogP contribution in [0.3, 0.4) is 0 Å². The Labute approximate surface area is 167 Å². The molecule has 7 nitrogen and oxygen atoms in total. The Morgan fingerprint density at radius 2 is 1.96 bits per heavy atom. The zero-order valence-electron chi connectivity index (χ0n) is 16.1. The molecular weight excluding hydrogens is 380 g/mol. The molecule has 2 aliphatic heterocycles. The molecule has 0 aromatic heterocycles. The fourth-order valence-corrected chi connectivity index (χ4v) is 6.24. The van der Waals surface area contributed by atoms with Crippen LogP contribution < -0.4 is 10.1 Å². The molecule has 2 heterocycles. The van der Waals surface area contributed by atoms with E-state index in [0.717, 1.165) is 12.0 Å². The van der Waals surface area contributed by atoms with Crippen molar-refractivity contribution in [2.24, 2.45) is 0 Å². The largest absolute Gasteiger partial charge is 0.496 e. The lowest BCUT2D eigenvalue weighted by Gasteiger charge is -2.47. The highest BCUT2D eigenvalue weighted by molar-refractivity contribution is 8.01. The Morgan fingerprint density at radius 3 is 2.54 bits per heavy atom. The monoisotopic (exact) mass is 404 g/mol. The fourth-order valence-electron chi connectivity index (χ4n) is 4.61. The number of carboxylic acids is 1. The van der Waals surface area contributed by atoms with E-state index in [0.29, 0.717) is 18.6 Å². The van der Waals surface area contributed by atoms with Crippen molar-refractivity contribution in [3.05, 3.63) is 29.8 Å². The third-order valence-electron chi connectivity index (χ3n) is 6.23. The highest BCUT2D eigenvalue weighted by atomic mass is 32.2. The molecule has 1 aliphatic carbocycles. The van der Waals surface area contributed by atoms with Crippen molar-refractivity contribution in [3.63, 3.8) is 0 Å². The lowest BCUT2D eigenvalue weighted by molar-refractivity contribution is -0.161. The zero-order valence-corrected chi connectivity index (χ0v) is 16.9. The van der Waals surface area contributed by atoms with E-state index >= 15 is 0 Å². The number of carbonyl (C=O) groups is 3. The maximum absolute atomic E-state index is 13.3. The number of β-lactam (4-membered cyclic amide) rings is 1. The van der Waals surface area contributed by atoms with Gasteiger partial charge in [-0.25, -0.2) is 4.79 Å². The number of nitrogens with zero attached hydrogens (tertiary/aromatic N) is 1. The molecule has 0 bridgehead atoms. The van der Waals surface area contributed by atoms with Crippen molar-refractivity contribution in [3.8, 4) is 5.75 Å². The summed E-state index contributed by atoms with van der Waals surface area (Å²) in [6.45, 7) is 3.65. The van der Waals surface area contributed by atoms with E-state index in [1.807, 2.05) is 38.1 Å². The number of rotatable bonds is 5. The maximum atomic E-state index is 13.3. The molecule has 2 amide bonds. The van der Waals surface area contributed by atoms with Gasteiger partial charge in [-0.15, -0.1) is 11.8 Å². The summed E-state index contributed by atoms with van der Waals surface area (Å²) in [5, 5.41) is 12.1. The van der Waals surface area contributed by atoms with Crippen LogP contribution in [0.5, 0.6) is 5.75 Å². The number of aliphatic carboxylic acids is 1. The third-order valence-corrected chi connectivity index (χ3v) is 7.80. The lowest BCUT2D eigenvalue weighted by atomic mass is 9.63. The van der Waals surface area contributed by atoms with Crippen molar-refractivity contribution in [1.82, 2.24) is 10.2 Å². The Balaban J connectivity index is 1.56. The highest BCUT2D eigenvalue weighted by Crippen LogP contribution is 2.52. The van der Waals surface area contributed by atoms with E-state index in [1.54, 1.807) is 7.11 Å². The van der Waals surface area contributed by atoms with Crippen molar-refractivity contribution >= 4 is 29.5 Å². The summed E-state index contributed by atoms with van der Waals surface area (Å²) in [7, 11) is 1.58. The van der Waals surface area contributed by atoms with Crippen LogP contribution >= 0.6 is 11.8 Å². The number of amides is 2. The Kier molecular flexibility index (Phi) is 4.37. The van der Waals surface area contributed by atoms with Crippen LogP contribution in [-0.2, 0) is 19.8 Å². The number of fused-ring (bicyclic) bond motifs is 1. The Bertz CT molecular complexity index is 851. The van der Waals surface area contributed by atoms with E-state index in [1.165, 1.54) is 16.7 Å². The summed E-state index contributed by atoms with van der Waals surface area (Å²) in [4.78, 5) is 39.0. The molecule has 28 heavy (non-hydrogen) atoms. The summed E-state index contributed by atoms with van der Waals surface area (Å²) < 4.78 is 4.85. The molecule has 8 heteroatoms. The first-order chi connectivity index (χ1) is 13.2. The molecule has 0 spiro atoms. The highest BCUT2D eigenvalue weighted by Gasteiger charge is 2.65. The van der Waals surface area contributed by atoms with Crippen molar-refractivity contribution < 1.29 is 24.2 Å². The molecule has 0 unspecified atom stereocenters. The number of nitrogens with one attached hydrogen (secondary N) is 1. The second-order valence-corrected chi connectivity index (χ2v) is 9.96. The van der Waals surface area contributed by atoms with Crippen LogP contribution in [0.25, 0.3) is 0 Å². The van der Waals surface area contributed by atoms with Gasteiger partial charge in [0.25, 0.3) is 0 Å². The second kappa shape index (κ2) is 6.40. The topological polar surface area (TPSA) is 95.9 Å². The number of hydrogen-bond donors (Lipinski definition) is 2. The van der Waals surface area contributed by atoms with E-state index in [4.69, 9.17) is 4.74 Å². The molecule has 1 aromatic carbocycles. The summed E-state index contributed by atoms with van der Waals surface area (Å²) in [6.07, 6.45) is 2.33. The van der Waals surface area contributed by atoms with Gasteiger partial charge in [0.05, 0.1) is 12.5 Å². The average molecular weight is 404 g/mol. The molecular formula is C20H24N2O5S. The number of benzene rings is 1. The number of carboxylic acid groups (broad SMARTS) is 1. The Morgan fingerprint density at radius 1 is 1.29 bits per heavy atom. The molecule has 2 saturated heterocycles. The van der Waals surface area contributed by atoms with Gasteiger partial charge in [-0.2, -0.15) is 0 Å². The van der Waals surface area contributed by atoms with E-state index < -0.39 is 28.2 Å². The van der Waals surface area contributed by atoms with Gasteiger partial charge in [-0.3, -0.25) is 9.59 Å². The van der Waals surface area contributed by atoms with E-state index in [-0.39, 0.29) is 17.2 Å². The molecule has 150 valence electrons. The minimum Gasteiger partial charge on any atom is -0.496 e. The average Bonchev–Trinajstić information content (AvgIpc) is 2.87. The van der Waals surface area contributed by atoms with Crippen molar-refractivity contribution in [2.45, 2.75) is 60.7 Å². The SMILES string of the molecule is COc1ccccc1C1(C(=O)N[C@@H]2C(=O)N3[C@H]2SC(C)(C)[C@H]3C(=O)O)CCC1. The minimum absolute atomic E-state index is 0.182. The van der Waals surface area contributed by atoms with Crippen LogP contribution in [0.1, 0.15) is 38.7 Å². The van der Waals surface area contributed by atoms with Gasteiger partial charge in [0.1, 0.15) is 23.2 Å². The Hall–Kier alpha value is -2.22. The quantitative estimate of drug-likeness (QED) is 0.726. The normalized spacial score (nSPS) is 29.3. The number of methoxy groups -OCH3 is 1. The molecule has 3 fully saturated rings. The van der Waals surface area contributed by atoms with Crippen LogP contribution in [0.4, 0.5) is 0 Å². The first-order valence-electron chi connectivity index (χ1n) is 9.40. The van der Waals surface area contributed by atoms with Crippen molar-refractivity contribution in [2.75, 3.05) is 7.11 Å². The fraction of sp³-hybridized carbons (Fsp3) is 0.550. The summed E-state index contributed by atoms with van der Waals surface area (Å²) in [5.41, 5.74) is 0.144. The van der Waals surface area contributed by atoms with Gasteiger partial charge in [0.2, 0.25) is 11.8 Å². The van der Waals surface area contributed by atoms with Crippen LogP contribution in [0.2, 0.25) is 0 Å². The van der Waals surface area contributed by atoms with Crippen LogP contribution in [-0.4, -0.2) is 57.1 Å². The number of carbonyl (C=O) groups excluding carboxylic acids is 2. The smallest absolute Gasteiger partial charge is 0.327 e. The van der Waals surface area contributed by atoms with Crippen LogP contribution in [0.15, 0.2) is 24.3 Å². The van der Waals surface area contributed by atoms with Gasteiger partial charge in [-0.05, 0) is 32.8 Å². The second-order valence-electron chi connectivity index (χ2n) is 8.19. The number of hydrogen-bond acceptors (Lipinski definition) is 5. The number of ether oxygens (including phenoxy) is 1. The molecule has 3 atom stereocenters. The molecule has 2 N–H and O–H groups in total. The van der Waals surface area contributed by atoms with Gasteiger partial charge < -0.3 is 20.1 Å². The standard InChI is InChI=1S/C20H24N2O5S/c1-19(2)14(17(24)25)22-15(23)13(16(22)28-19)21-18(26)20(9-6-10-20)11-7-4-5-8-12(11)27-3/h4-5,7-8,13-14,16H,6,9-10H2,1-3H3,(H,21,26)(H,24,25)/t13-,14-,16+/m1/s1. The number of thioether (sulfide) groups is 1. The van der Waals surface area contributed by atoms with E-state index in [9.17, 15) is 19.5 Å². The summed E-state index contributed by atoms with van der Waals surface area (Å²) in [5.74, 6) is -0.847. The molecule has 0 radical (unpaired) electrons. The summed E-state index contributed by atoms with van der Waals surface area (Å²) in [6, 6.07) is 5.92. The van der Waals surface area contributed by atoms with Crippen molar-refractivity contribution in [1.29, 1.82) is 0 Å². The first-order valence-corrected chi connectivity index (χ1v) is 10.3. The van der Waals surface area contributed by atoms with Gasteiger partial charge in [0.15, 0.2) is 0 Å². The van der Waals surface area contributed by atoms with Gasteiger partial charge >= 0.3 is 5.97 Å². The zero-order chi connectivity index (χ0) is 20.3. The molecule has 4 rings (SSSR count). The summed E-state index contributed by atoms with van der Waals surface area (Å²) >= 11 is 1.43. The van der Waals surface area contributed by atoms with Crippen LogP contribution in [0, 0.1) is 0 Å². The predicted molar refractivity (Wildman–Crippen MR) is 104 cm³/mol. The third kappa shape index (κ3) is 2.53. The molecule has 3 aliphatic rings. The first kappa shape index (κ1) is 19.1. The molecule has 1 aromatic rings. The van der Waals surface area contributed by atoms with Gasteiger partial charge in [0, 0.05) is 10.3 Å². The van der Waals surface area contributed by atoms with E-state index in [2.05, 4.69) is 5.32 Å².